The number of ether oxygens (including phenoxy) is 1. The third-order valence-corrected chi connectivity index (χ3v) is 4.35. The van der Waals surface area contributed by atoms with Crippen LogP contribution in [0.4, 0.5) is 11.5 Å². The fourth-order valence-electron chi connectivity index (χ4n) is 3.05. The van der Waals surface area contributed by atoms with Gasteiger partial charge in [0.2, 0.25) is 5.82 Å². The normalized spacial score (nSPS) is 15.5. The molecule has 26 heavy (non-hydrogen) atoms. The van der Waals surface area contributed by atoms with Crippen molar-refractivity contribution in [3.05, 3.63) is 31.1 Å². The summed E-state index contributed by atoms with van der Waals surface area (Å²) in [5.74, 6) is 1.34. The van der Waals surface area contributed by atoms with Crippen molar-refractivity contribution >= 4 is 22.5 Å². The SMILES string of the molecule is c1coc(-c2nc(Nc3cnn(C4CCOCC4)c3)c3[nH]ncc3n2)n1. The van der Waals surface area contributed by atoms with E-state index in [4.69, 9.17) is 9.15 Å². The molecular formula is C16H16N8O2. The van der Waals surface area contributed by atoms with E-state index in [1.165, 1.54) is 6.26 Å². The minimum Gasteiger partial charge on any atom is -0.442 e. The Hall–Kier alpha value is -3.27. The van der Waals surface area contributed by atoms with Gasteiger partial charge in [0.1, 0.15) is 17.3 Å². The first-order valence-electron chi connectivity index (χ1n) is 8.37. The summed E-state index contributed by atoms with van der Waals surface area (Å²) in [5, 5.41) is 14.7. The van der Waals surface area contributed by atoms with Crippen molar-refractivity contribution in [2.24, 2.45) is 0 Å². The molecular weight excluding hydrogens is 336 g/mol. The molecule has 1 aliphatic heterocycles. The molecule has 2 N–H and O–H groups in total. The summed E-state index contributed by atoms with van der Waals surface area (Å²) < 4.78 is 12.7. The van der Waals surface area contributed by atoms with Gasteiger partial charge in [0, 0.05) is 19.4 Å². The molecule has 5 rings (SSSR count). The van der Waals surface area contributed by atoms with E-state index in [0.29, 0.717) is 34.6 Å². The molecule has 0 radical (unpaired) electrons. The Morgan fingerprint density at radius 3 is 2.96 bits per heavy atom. The van der Waals surface area contributed by atoms with Crippen molar-refractivity contribution in [3.63, 3.8) is 0 Å². The number of fused-ring (bicyclic) bond motifs is 1. The molecule has 10 heteroatoms. The van der Waals surface area contributed by atoms with Gasteiger partial charge in [0.05, 0.1) is 30.3 Å². The van der Waals surface area contributed by atoms with Crippen molar-refractivity contribution in [2.75, 3.05) is 18.5 Å². The van der Waals surface area contributed by atoms with Crippen LogP contribution in [-0.4, -0.2) is 48.1 Å². The van der Waals surface area contributed by atoms with Crippen LogP contribution in [0.5, 0.6) is 0 Å². The third kappa shape index (κ3) is 2.69. The quantitative estimate of drug-likeness (QED) is 0.574. The van der Waals surface area contributed by atoms with E-state index in [9.17, 15) is 0 Å². The van der Waals surface area contributed by atoms with Crippen LogP contribution in [0.3, 0.4) is 0 Å². The zero-order chi connectivity index (χ0) is 17.3. The van der Waals surface area contributed by atoms with Crippen LogP contribution in [0, 0.1) is 0 Å². The molecule has 132 valence electrons. The van der Waals surface area contributed by atoms with Crippen molar-refractivity contribution in [2.45, 2.75) is 18.9 Å². The highest BCUT2D eigenvalue weighted by Gasteiger charge is 2.18. The fourth-order valence-corrected chi connectivity index (χ4v) is 3.05. The van der Waals surface area contributed by atoms with Gasteiger partial charge in [-0.2, -0.15) is 10.2 Å². The van der Waals surface area contributed by atoms with Crippen LogP contribution in [0.15, 0.2) is 35.5 Å². The lowest BCUT2D eigenvalue weighted by atomic mass is 10.1. The van der Waals surface area contributed by atoms with E-state index >= 15 is 0 Å². The second kappa shape index (κ2) is 6.23. The monoisotopic (exact) mass is 352 g/mol. The number of nitrogens with one attached hydrogen (secondary N) is 2. The van der Waals surface area contributed by atoms with E-state index in [1.807, 2.05) is 10.9 Å². The second-order valence-corrected chi connectivity index (χ2v) is 6.04. The number of aromatic amines is 1. The van der Waals surface area contributed by atoms with Crippen molar-refractivity contribution < 1.29 is 9.15 Å². The van der Waals surface area contributed by atoms with E-state index in [2.05, 4.69) is 35.6 Å². The lowest BCUT2D eigenvalue weighted by molar-refractivity contribution is 0.0662. The molecule has 5 heterocycles. The summed E-state index contributed by atoms with van der Waals surface area (Å²) >= 11 is 0. The van der Waals surface area contributed by atoms with Gasteiger partial charge in [-0.15, -0.1) is 0 Å². The number of hydrogen-bond donors (Lipinski definition) is 2. The molecule has 0 spiro atoms. The maximum Gasteiger partial charge on any atom is 0.264 e. The summed E-state index contributed by atoms with van der Waals surface area (Å²) in [5.41, 5.74) is 2.22. The van der Waals surface area contributed by atoms with Crippen molar-refractivity contribution in [1.29, 1.82) is 0 Å². The Morgan fingerprint density at radius 2 is 2.12 bits per heavy atom. The zero-order valence-corrected chi connectivity index (χ0v) is 13.8. The first-order chi connectivity index (χ1) is 12.9. The van der Waals surface area contributed by atoms with Crippen LogP contribution < -0.4 is 5.32 Å². The standard InChI is InChI=1S/C16H16N8O2/c1-4-25-5-2-11(1)24-9-10(7-19-24)20-14-13-12(8-18-23-13)21-15(22-14)16-17-3-6-26-16/h3,6-9,11H,1-2,4-5H2,(H,18,23)(H,20,21,22). The molecule has 0 aliphatic carbocycles. The second-order valence-electron chi connectivity index (χ2n) is 6.04. The summed E-state index contributed by atoms with van der Waals surface area (Å²) in [6, 6.07) is 0.361. The van der Waals surface area contributed by atoms with E-state index in [0.717, 1.165) is 31.7 Å². The van der Waals surface area contributed by atoms with Crippen LogP contribution >= 0.6 is 0 Å². The van der Waals surface area contributed by atoms with Crippen LogP contribution in [0.25, 0.3) is 22.7 Å². The predicted molar refractivity (Wildman–Crippen MR) is 91.8 cm³/mol. The molecule has 0 aromatic carbocycles. The van der Waals surface area contributed by atoms with Crippen molar-refractivity contribution in [3.8, 4) is 11.7 Å². The molecule has 4 aromatic heterocycles. The molecule has 1 aliphatic rings. The highest BCUT2D eigenvalue weighted by atomic mass is 16.5. The van der Waals surface area contributed by atoms with Gasteiger partial charge in [-0.3, -0.25) is 9.78 Å². The first kappa shape index (κ1) is 15.0. The highest BCUT2D eigenvalue weighted by Crippen LogP contribution is 2.26. The Kier molecular flexibility index (Phi) is 3.60. The smallest absolute Gasteiger partial charge is 0.264 e. The van der Waals surface area contributed by atoms with Gasteiger partial charge >= 0.3 is 0 Å². The van der Waals surface area contributed by atoms with Crippen LogP contribution in [0.2, 0.25) is 0 Å². The Balaban J connectivity index is 1.47. The predicted octanol–water partition coefficient (Wildman–Crippen LogP) is 2.30. The Bertz CT molecular complexity index is 1020. The number of anilines is 2. The van der Waals surface area contributed by atoms with Crippen molar-refractivity contribution in [1.82, 2.24) is 34.9 Å². The van der Waals surface area contributed by atoms with E-state index in [-0.39, 0.29) is 0 Å². The highest BCUT2D eigenvalue weighted by molar-refractivity contribution is 5.87. The molecule has 10 nitrogen and oxygen atoms in total. The van der Waals surface area contributed by atoms with Gasteiger partial charge < -0.3 is 14.5 Å². The number of hydrogen-bond acceptors (Lipinski definition) is 8. The molecule has 0 unspecified atom stereocenters. The molecule has 0 atom stereocenters. The molecule has 1 fully saturated rings. The first-order valence-corrected chi connectivity index (χ1v) is 8.37. The van der Waals surface area contributed by atoms with Gasteiger partial charge in [-0.1, -0.05) is 0 Å². The lowest BCUT2D eigenvalue weighted by Gasteiger charge is -2.22. The maximum absolute atomic E-state index is 5.41. The summed E-state index contributed by atoms with van der Waals surface area (Å²) in [4.78, 5) is 13.1. The topological polar surface area (TPSA) is 120 Å². The summed E-state index contributed by atoms with van der Waals surface area (Å²) in [6.07, 6.45) is 10.4. The van der Waals surface area contributed by atoms with E-state index < -0.39 is 0 Å². The van der Waals surface area contributed by atoms with Gasteiger partial charge in [-0.25, -0.2) is 15.0 Å². The zero-order valence-electron chi connectivity index (χ0n) is 13.8. The van der Waals surface area contributed by atoms with Gasteiger partial charge in [-0.05, 0) is 12.8 Å². The Labute approximate surface area is 147 Å². The van der Waals surface area contributed by atoms with Gasteiger partial charge in [0.25, 0.3) is 5.89 Å². The summed E-state index contributed by atoms with van der Waals surface area (Å²) in [6.45, 7) is 1.54. The summed E-state index contributed by atoms with van der Waals surface area (Å²) in [7, 11) is 0. The maximum atomic E-state index is 5.41. The third-order valence-electron chi connectivity index (χ3n) is 4.35. The molecule has 0 amide bonds. The number of rotatable bonds is 4. The number of oxazole rings is 1. The largest absolute Gasteiger partial charge is 0.442 e. The number of H-pyrrole nitrogens is 1. The average Bonchev–Trinajstić information content (AvgIpc) is 3.43. The van der Waals surface area contributed by atoms with E-state index in [1.54, 1.807) is 18.6 Å². The minimum absolute atomic E-state index is 0.356. The van der Waals surface area contributed by atoms with Crippen LogP contribution in [0.1, 0.15) is 18.9 Å². The molecule has 0 bridgehead atoms. The average molecular weight is 352 g/mol. The fraction of sp³-hybridized carbons (Fsp3) is 0.312. The Morgan fingerprint density at radius 1 is 1.19 bits per heavy atom. The lowest BCUT2D eigenvalue weighted by Crippen LogP contribution is -2.19. The molecule has 1 saturated heterocycles. The van der Waals surface area contributed by atoms with Crippen LogP contribution in [-0.2, 0) is 4.74 Å². The van der Waals surface area contributed by atoms with Gasteiger partial charge in [0.15, 0.2) is 5.82 Å². The number of aromatic nitrogens is 7. The molecule has 4 aromatic rings. The minimum atomic E-state index is 0.356. The molecule has 0 saturated carbocycles. The number of nitrogens with zero attached hydrogens (tertiary/aromatic N) is 6.